The molecule has 2 rings (SSSR count). The van der Waals surface area contributed by atoms with Crippen LogP contribution in [0.25, 0.3) is 0 Å². The highest BCUT2D eigenvalue weighted by molar-refractivity contribution is 5.86. The van der Waals surface area contributed by atoms with Crippen molar-refractivity contribution in [3.8, 4) is 0 Å². The van der Waals surface area contributed by atoms with Crippen LogP contribution in [0.2, 0.25) is 0 Å². The lowest BCUT2D eigenvalue weighted by Crippen LogP contribution is -2.14. The predicted octanol–water partition coefficient (Wildman–Crippen LogP) is 1.83. The minimum Gasteiger partial charge on any atom is -0.476 e. The number of aromatic carboxylic acids is 1. The largest absolute Gasteiger partial charge is 0.476 e. The number of hydrogen-bond donors (Lipinski definition) is 1. The first kappa shape index (κ1) is 15.1. The van der Waals surface area contributed by atoms with Gasteiger partial charge in [0.2, 0.25) is 5.89 Å². The van der Waals surface area contributed by atoms with Crippen molar-refractivity contribution in [1.29, 1.82) is 0 Å². The van der Waals surface area contributed by atoms with Crippen LogP contribution in [0.5, 0.6) is 0 Å². The molecule has 2 aromatic rings. The van der Waals surface area contributed by atoms with Gasteiger partial charge in [-0.1, -0.05) is 45.0 Å². The monoisotopic (exact) mass is 293 g/mol. The van der Waals surface area contributed by atoms with E-state index in [2.05, 4.69) is 20.5 Å². The standard InChI is InChI=1S/C13H19N5O3/c1-7(2)10-9(11(19)20)15-17-18(10)6-8-14-12(16-21-8)13(3,4)5/h7H,6H2,1-5H3,(H,19,20). The number of hydrogen-bond acceptors (Lipinski definition) is 6. The minimum atomic E-state index is -1.09. The molecule has 0 unspecified atom stereocenters. The second-order valence-electron chi connectivity index (χ2n) is 6.20. The Morgan fingerprint density at radius 3 is 2.52 bits per heavy atom. The molecule has 2 aromatic heterocycles. The zero-order valence-electron chi connectivity index (χ0n) is 12.8. The summed E-state index contributed by atoms with van der Waals surface area (Å²) >= 11 is 0. The van der Waals surface area contributed by atoms with E-state index in [-0.39, 0.29) is 23.6 Å². The van der Waals surface area contributed by atoms with Crippen molar-refractivity contribution in [2.45, 2.75) is 52.5 Å². The molecule has 21 heavy (non-hydrogen) atoms. The molecular formula is C13H19N5O3. The molecule has 0 aliphatic rings. The quantitative estimate of drug-likeness (QED) is 0.916. The molecule has 0 atom stereocenters. The number of carboxylic acids is 1. The number of aromatic nitrogens is 5. The van der Waals surface area contributed by atoms with Gasteiger partial charge in [-0.2, -0.15) is 4.98 Å². The molecule has 114 valence electrons. The fourth-order valence-electron chi connectivity index (χ4n) is 1.91. The molecule has 0 bridgehead atoms. The topological polar surface area (TPSA) is 107 Å². The highest BCUT2D eigenvalue weighted by Crippen LogP contribution is 2.21. The van der Waals surface area contributed by atoms with Crippen LogP contribution in [0.4, 0.5) is 0 Å². The molecule has 0 aromatic carbocycles. The third-order valence-electron chi connectivity index (χ3n) is 2.95. The van der Waals surface area contributed by atoms with Gasteiger partial charge in [-0.05, 0) is 5.92 Å². The van der Waals surface area contributed by atoms with E-state index in [9.17, 15) is 4.79 Å². The van der Waals surface area contributed by atoms with Crippen LogP contribution in [0.15, 0.2) is 4.52 Å². The lowest BCUT2D eigenvalue weighted by atomic mass is 9.96. The maximum Gasteiger partial charge on any atom is 0.358 e. The van der Waals surface area contributed by atoms with Gasteiger partial charge in [0.15, 0.2) is 11.5 Å². The van der Waals surface area contributed by atoms with Crippen LogP contribution in [-0.2, 0) is 12.0 Å². The van der Waals surface area contributed by atoms with Gasteiger partial charge in [0.05, 0.1) is 5.69 Å². The van der Waals surface area contributed by atoms with Crippen LogP contribution in [-0.4, -0.2) is 36.2 Å². The van der Waals surface area contributed by atoms with Gasteiger partial charge in [0.1, 0.15) is 6.54 Å². The minimum absolute atomic E-state index is 0.0314. The Balaban J connectivity index is 2.32. The zero-order chi connectivity index (χ0) is 15.8. The molecule has 0 spiro atoms. The van der Waals surface area contributed by atoms with Crippen molar-refractivity contribution >= 4 is 5.97 Å². The van der Waals surface area contributed by atoms with Gasteiger partial charge in [-0.3, -0.25) is 0 Å². The SMILES string of the molecule is CC(C)c1c(C(=O)O)nnn1Cc1nc(C(C)(C)C)no1. The van der Waals surface area contributed by atoms with E-state index in [1.165, 1.54) is 4.68 Å². The Morgan fingerprint density at radius 2 is 2.05 bits per heavy atom. The smallest absolute Gasteiger partial charge is 0.358 e. The van der Waals surface area contributed by atoms with Crippen molar-refractivity contribution in [1.82, 2.24) is 25.1 Å². The number of nitrogens with zero attached hydrogens (tertiary/aromatic N) is 5. The molecule has 0 radical (unpaired) electrons. The molecule has 0 aliphatic carbocycles. The van der Waals surface area contributed by atoms with Crippen molar-refractivity contribution < 1.29 is 14.4 Å². The Hall–Kier alpha value is -2.25. The molecule has 0 fully saturated rings. The normalized spacial score (nSPS) is 12.1. The van der Waals surface area contributed by atoms with E-state index in [0.717, 1.165) is 0 Å². The van der Waals surface area contributed by atoms with Crippen LogP contribution in [0, 0.1) is 0 Å². The summed E-state index contributed by atoms with van der Waals surface area (Å²) in [5.41, 5.74) is 0.288. The first-order valence-electron chi connectivity index (χ1n) is 6.70. The number of carbonyl (C=O) groups is 1. The van der Waals surface area contributed by atoms with E-state index in [1.807, 2.05) is 34.6 Å². The van der Waals surface area contributed by atoms with Crippen molar-refractivity contribution in [3.63, 3.8) is 0 Å². The van der Waals surface area contributed by atoms with E-state index in [0.29, 0.717) is 17.4 Å². The molecule has 8 heteroatoms. The number of carboxylic acid groups (broad SMARTS) is 1. The van der Waals surface area contributed by atoms with E-state index < -0.39 is 5.97 Å². The summed E-state index contributed by atoms with van der Waals surface area (Å²) in [7, 11) is 0. The molecule has 0 saturated heterocycles. The fourth-order valence-corrected chi connectivity index (χ4v) is 1.91. The van der Waals surface area contributed by atoms with Crippen LogP contribution in [0.1, 0.15) is 68.4 Å². The van der Waals surface area contributed by atoms with E-state index in [1.54, 1.807) is 0 Å². The molecule has 2 heterocycles. The van der Waals surface area contributed by atoms with Crippen molar-refractivity contribution in [2.75, 3.05) is 0 Å². The Morgan fingerprint density at radius 1 is 1.38 bits per heavy atom. The molecule has 0 aliphatic heterocycles. The Bertz CT molecular complexity index is 651. The Labute approximate surface area is 122 Å². The molecule has 0 amide bonds. The molecule has 1 N–H and O–H groups in total. The second kappa shape index (κ2) is 5.27. The first-order valence-corrected chi connectivity index (χ1v) is 6.70. The summed E-state index contributed by atoms with van der Waals surface area (Å²) in [6, 6.07) is 0. The highest BCUT2D eigenvalue weighted by Gasteiger charge is 2.24. The summed E-state index contributed by atoms with van der Waals surface area (Å²) in [5, 5.41) is 20.7. The van der Waals surface area contributed by atoms with Crippen molar-refractivity contribution in [3.05, 3.63) is 23.1 Å². The van der Waals surface area contributed by atoms with Crippen LogP contribution in [0.3, 0.4) is 0 Å². The highest BCUT2D eigenvalue weighted by atomic mass is 16.5. The maximum atomic E-state index is 11.2. The fraction of sp³-hybridized carbons (Fsp3) is 0.615. The van der Waals surface area contributed by atoms with Gasteiger partial charge >= 0.3 is 5.97 Å². The summed E-state index contributed by atoms with van der Waals surface area (Å²) in [6.07, 6.45) is 0. The van der Waals surface area contributed by atoms with Gasteiger partial charge in [-0.15, -0.1) is 5.10 Å². The Kier molecular flexibility index (Phi) is 3.80. The average molecular weight is 293 g/mol. The third-order valence-corrected chi connectivity index (χ3v) is 2.95. The van der Waals surface area contributed by atoms with Crippen LogP contribution < -0.4 is 0 Å². The summed E-state index contributed by atoms with van der Waals surface area (Å²) in [4.78, 5) is 15.5. The molecular weight excluding hydrogens is 274 g/mol. The summed E-state index contributed by atoms with van der Waals surface area (Å²) < 4.78 is 6.70. The first-order chi connectivity index (χ1) is 9.70. The van der Waals surface area contributed by atoms with E-state index >= 15 is 0 Å². The summed E-state index contributed by atoms with van der Waals surface area (Å²) in [5.74, 6) is -0.146. The average Bonchev–Trinajstić information content (AvgIpc) is 2.94. The molecule has 0 saturated carbocycles. The van der Waals surface area contributed by atoms with Gasteiger partial charge in [0, 0.05) is 5.41 Å². The van der Waals surface area contributed by atoms with Gasteiger partial charge in [0.25, 0.3) is 0 Å². The predicted molar refractivity (Wildman–Crippen MR) is 73.2 cm³/mol. The van der Waals surface area contributed by atoms with Gasteiger partial charge in [-0.25, -0.2) is 9.48 Å². The maximum absolute atomic E-state index is 11.2. The lowest BCUT2D eigenvalue weighted by molar-refractivity contribution is 0.0688. The van der Waals surface area contributed by atoms with Crippen LogP contribution >= 0.6 is 0 Å². The van der Waals surface area contributed by atoms with Gasteiger partial charge < -0.3 is 9.63 Å². The van der Waals surface area contributed by atoms with E-state index in [4.69, 9.17) is 9.63 Å². The molecule has 8 nitrogen and oxygen atoms in total. The zero-order valence-corrected chi connectivity index (χ0v) is 12.8. The van der Waals surface area contributed by atoms with Crippen molar-refractivity contribution in [2.24, 2.45) is 0 Å². The third kappa shape index (κ3) is 3.09. The number of rotatable bonds is 4. The second-order valence-corrected chi connectivity index (χ2v) is 6.20. The summed E-state index contributed by atoms with van der Waals surface area (Å²) in [6.45, 7) is 9.93. The lowest BCUT2D eigenvalue weighted by Gasteiger charge is -2.11.